The molecule has 0 aromatic carbocycles. The quantitative estimate of drug-likeness (QED) is 0.424. The minimum absolute atomic E-state index is 0.298. The van der Waals surface area contributed by atoms with E-state index in [0.29, 0.717) is 6.42 Å². The molecule has 0 bridgehead atoms. The summed E-state index contributed by atoms with van der Waals surface area (Å²) in [5.74, 6) is 5.50. The van der Waals surface area contributed by atoms with Gasteiger partial charge in [0.1, 0.15) is 0 Å². The first-order valence-corrected chi connectivity index (χ1v) is 7.62. The molecule has 0 unspecified atom stereocenters. The maximum atomic E-state index is 10.3. The van der Waals surface area contributed by atoms with Crippen LogP contribution in [0, 0.1) is 11.8 Å². The third-order valence-corrected chi connectivity index (χ3v) is 2.97. The third-order valence-electron chi connectivity index (χ3n) is 2.97. The van der Waals surface area contributed by atoms with Gasteiger partial charge in [0.05, 0.1) is 0 Å². The van der Waals surface area contributed by atoms with E-state index in [1.54, 1.807) is 0 Å². The minimum atomic E-state index is -0.691. The summed E-state index contributed by atoms with van der Waals surface area (Å²) < 4.78 is 0. The van der Waals surface area contributed by atoms with E-state index in [0.717, 1.165) is 38.5 Å². The van der Waals surface area contributed by atoms with Crippen LogP contribution in [0.3, 0.4) is 0 Å². The molecule has 0 aliphatic heterocycles. The maximum Gasteiger partial charge on any atom is 0.303 e. The van der Waals surface area contributed by atoms with Crippen LogP contribution in [0.4, 0.5) is 0 Å². The van der Waals surface area contributed by atoms with Gasteiger partial charge in [0.2, 0.25) is 0 Å². The second-order valence-electron chi connectivity index (χ2n) is 4.88. The molecule has 0 aliphatic rings. The number of hydrogen-bond acceptors (Lipinski definition) is 1. The fraction of sp³-hybridized carbons (Fsp3) is 0.706. The van der Waals surface area contributed by atoms with Crippen molar-refractivity contribution in [3.63, 3.8) is 0 Å². The lowest BCUT2D eigenvalue weighted by Gasteiger charge is -1.95. The van der Waals surface area contributed by atoms with Gasteiger partial charge in [-0.05, 0) is 31.8 Å². The van der Waals surface area contributed by atoms with Crippen LogP contribution in [-0.4, -0.2) is 11.1 Å². The van der Waals surface area contributed by atoms with Gasteiger partial charge in [0.15, 0.2) is 0 Å². The Balaban J connectivity index is 3.25. The van der Waals surface area contributed by atoms with E-state index in [2.05, 4.69) is 24.8 Å². The molecule has 0 amide bonds. The zero-order valence-corrected chi connectivity index (χ0v) is 12.3. The Hall–Kier alpha value is -1.23. The minimum Gasteiger partial charge on any atom is -0.481 e. The van der Waals surface area contributed by atoms with E-state index in [9.17, 15) is 4.79 Å². The molecular formula is C17H28O2. The van der Waals surface area contributed by atoms with E-state index < -0.39 is 5.97 Å². The lowest BCUT2D eigenvalue weighted by molar-refractivity contribution is -0.137. The summed E-state index contributed by atoms with van der Waals surface area (Å²) in [7, 11) is 0. The molecule has 0 radical (unpaired) electrons. The highest BCUT2D eigenvalue weighted by molar-refractivity contribution is 5.66. The molecule has 1 N–H and O–H groups in total. The second-order valence-corrected chi connectivity index (χ2v) is 4.88. The summed E-state index contributed by atoms with van der Waals surface area (Å²) >= 11 is 0. The molecule has 2 heteroatoms. The van der Waals surface area contributed by atoms with E-state index in [1.807, 2.05) is 6.08 Å². The van der Waals surface area contributed by atoms with Gasteiger partial charge in [-0.2, -0.15) is 0 Å². The van der Waals surface area contributed by atoms with Crippen molar-refractivity contribution in [1.29, 1.82) is 0 Å². The number of carboxylic acids is 1. The maximum absolute atomic E-state index is 10.3. The molecule has 0 saturated carbocycles. The van der Waals surface area contributed by atoms with Gasteiger partial charge in [0, 0.05) is 12.8 Å². The number of carboxylic acid groups (broad SMARTS) is 1. The number of allylic oxidation sites excluding steroid dienone is 2. The molecule has 108 valence electrons. The Bertz CT molecular complexity index is 294. The molecule has 0 atom stereocenters. The number of rotatable bonds is 11. The van der Waals surface area contributed by atoms with Gasteiger partial charge in [-0.25, -0.2) is 0 Å². The molecule has 0 aliphatic carbocycles. The van der Waals surface area contributed by atoms with Crippen molar-refractivity contribution in [2.24, 2.45) is 0 Å². The predicted molar refractivity (Wildman–Crippen MR) is 81.0 cm³/mol. The number of carbonyl (C=O) groups is 1. The van der Waals surface area contributed by atoms with Gasteiger partial charge in [0.25, 0.3) is 0 Å². The summed E-state index contributed by atoms with van der Waals surface area (Å²) in [6.45, 7) is 2.23. The van der Waals surface area contributed by atoms with Gasteiger partial charge in [-0.3, -0.25) is 4.79 Å². The predicted octanol–water partition coefficient (Wildman–Crippen LogP) is 4.94. The summed E-state index contributed by atoms with van der Waals surface area (Å²) in [4.78, 5) is 10.3. The molecule has 0 aromatic rings. The van der Waals surface area contributed by atoms with Crippen LogP contribution in [0.25, 0.3) is 0 Å². The standard InChI is InChI=1S/C17H28O2/c1-2-3-4-5-6-7-8-9-10-11-12-13-14-15-16-17(18)19/h7-8H,2-6,11-16H2,1H3,(H,18,19)/b8-7+. The lowest BCUT2D eigenvalue weighted by Crippen LogP contribution is -1.93. The number of unbranched alkanes of at least 4 members (excludes halogenated alkanes) is 8. The summed E-state index contributed by atoms with van der Waals surface area (Å²) in [5, 5.41) is 8.47. The zero-order chi connectivity index (χ0) is 14.2. The first-order chi connectivity index (χ1) is 9.27. The summed E-state index contributed by atoms with van der Waals surface area (Å²) in [6.07, 6.45) is 15.7. The highest BCUT2D eigenvalue weighted by atomic mass is 16.4. The topological polar surface area (TPSA) is 37.3 Å². The Morgan fingerprint density at radius 3 is 2.53 bits per heavy atom. The van der Waals surface area contributed by atoms with Crippen LogP contribution in [0.2, 0.25) is 0 Å². The van der Waals surface area contributed by atoms with Crippen LogP contribution in [0.1, 0.15) is 77.6 Å². The highest BCUT2D eigenvalue weighted by Crippen LogP contribution is 2.05. The smallest absolute Gasteiger partial charge is 0.303 e. The fourth-order valence-electron chi connectivity index (χ4n) is 1.81. The third kappa shape index (κ3) is 16.8. The largest absolute Gasteiger partial charge is 0.481 e. The first kappa shape index (κ1) is 17.8. The van der Waals surface area contributed by atoms with Crippen LogP contribution < -0.4 is 0 Å². The fourth-order valence-corrected chi connectivity index (χ4v) is 1.81. The zero-order valence-electron chi connectivity index (χ0n) is 12.3. The summed E-state index contributed by atoms with van der Waals surface area (Å²) in [6, 6.07) is 0. The molecule has 0 fully saturated rings. The van der Waals surface area contributed by atoms with Crippen molar-refractivity contribution in [2.75, 3.05) is 0 Å². The Morgan fingerprint density at radius 2 is 1.79 bits per heavy atom. The Morgan fingerprint density at radius 1 is 1.05 bits per heavy atom. The molecular weight excluding hydrogens is 236 g/mol. The van der Waals surface area contributed by atoms with Gasteiger partial charge in [-0.15, -0.1) is 0 Å². The molecule has 19 heavy (non-hydrogen) atoms. The van der Waals surface area contributed by atoms with Crippen LogP contribution >= 0.6 is 0 Å². The average Bonchev–Trinajstić information content (AvgIpc) is 2.39. The summed E-state index contributed by atoms with van der Waals surface area (Å²) in [5.41, 5.74) is 0. The van der Waals surface area contributed by atoms with Crippen LogP contribution in [0.15, 0.2) is 12.2 Å². The van der Waals surface area contributed by atoms with Crippen molar-refractivity contribution in [3.8, 4) is 11.8 Å². The van der Waals surface area contributed by atoms with E-state index in [-0.39, 0.29) is 0 Å². The van der Waals surface area contributed by atoms with Gasteiger partial charge >= 0.3 is 5.97 Å². The van der Waals surface area contributed by atoms with Crippen molar-refractivity contribution in [2.45, 2.75) is 77.6 Å². The van der Waals surface area contributed by atoms with Crippen molar-refractivity contribution < 1.29 is 9.90 Å². The van der Waals surface area contributed by atoms with Crippen LogP contribution in [0.5, 0.6) is 0 Å². The van der Waals surface area contributed by atoms with E-state index in [4.69, 9.17) is 5.11 Å². The second kappa shape index (κ2) is 14.8. The molecule has 0 aromatic heterocycles. The number of aliphatic carboxylic acids is 1. The SMILES string of the molecule is CCCCCC/C=C/C#CCCCCCCC(=O)O. The van der Waals surface area contributed by atoms with Crippen LogP contribution in [-0.2, 0) is 4.79 Å². The molecule has 0 heterocycles. The normalized spacial score (nSPS) is 10.4. The van der Waals surface area contributed by atoms with Gasteiger partial charge in [-0.1, -0.05) is 56.9 Å². The first-order valence-electron chi connectivity index (χ1n) is 7.62. The Kier molecular flexibility index (Phi) is 13.9. The van der Waals surface area contributed by atoms with Crippen molar-refractivity contribution in [3.05, 3.63) is 12.2 Å². The van der Waals surface area contributed by atoms with Gasteiger partial charge < -0.3 is 5.11 Å². The monoisotopic (exact) mass is 264 g/mol. The molecule has 0 saturated heterocycles. The average molecular weight is 264 g/mol. The van der Waals surface area contributed by atoms with E-state index in [1.165, 1.54) is 25.7 Å². The Labute approximate surface area is 118 Å². The van der Waals surface area contributed by atoms with Crippen molar-refractivity contribution >= 4 is 5.97 Å². The number of hydrogen-bond donors (Lipinski definition) is 1. The molecule has 2 nitrogen and oxygen atoms in total. The molecule has 0 spiro atoms. The highest BCUT2D eigenvalue weighted by Gasteiger charge is 1.95. The molecule has 0 rings (SSSR count). The van der Waals surface area contributed by atoms with E-state index >= 15 is 0 Å². The lowest BCUT2D eigenvalue weighted by atomic mass is 10.1. The van der Waals surface area contributed by atoms with Crippen molar-refractivity contribution in [1.82, 2.24) is 0 Å².